The molecule has 0 atom stereocenters. The maximum atomic E-state index is 12.7. The van der Waals surface area contributed by atoms with Crippen molar-refractivity contribution in [2.75, 3.05) is 20.2 Å². The third-order valence-corrected chi connectivity index (χ3v) is 3.14. The van der Waals surface area contributed by atoms with Gasteiger partial charge >= 0.3 is 5.97 Å². The second-order valence-electron chi connectivity index (χ2n) is 6.58. The van der Waals surface area contributed by atoms with Gasteiger partial charge in [-0.2, -0.15) is 0 Å². The zero-order valence-electron chi connectivity index (χ0n) is 15.5. The standard InChI is InChI=1S/C18H28N2O4/c1-7-9-20(10-8-2)16(21)14-11-13(12-15(19-14)23-6)17(22)24-18(3,4)5/h11-12H,7-10H2,1-6H3. The number of hydrogen-bond donors (Lipinski definition) is 0. The van der Waals surface area contributed by atoms with Crippen LogP contribution in [0.3, 0.4) is 0 Å². The highest BCUT2D eigenvalue weighted by atomic mass is 16.6. The molecule has 0 N–H and O–H groups in total. The number of methoxy groups -OCH3 is 1. The van der Waals surface area contributed by atoms with E-state index in [0.717, 1.165) is 12.8 Å². The fourth-order valence-electron chi connectivity index (χ4n) is 2.19. The smallest absolute Gasteiger partial charge is 0.338 e. The number of amides is 1. The molecule has 0 aliphatic heterocycles. The van der Waals surface area contributed by atoms with E-state index < -0.39 is 11.6 Å². The number of carbonyl (C=O) groups is 2. The van der Waals surface area contributed by atoms with Crippen LogP contribution >= 0.6 is 0 Å². The molecule has 1 aromatic heterocycles. The topological polar surface area (TPSA) is 68.7 Å². The predicted molar refractivity (Wildman–Crippen MR) is 92.4 cm³/mol. The minimum atomic E-state index is -0.617. The maximum absolute atomic E-state index is 12.7. The molecule has 134 valence electrons. The number of esters is 1. The quantitative estimate of drug-likeness (QED) is 0.715. The Kier molecular flexibility index (Phi) is 7.19. The molecular weight excluding hydrogens is 308 g/mol. The second-order valence-corrected chi connectivity index (χ2v) is 6.58. The number of hydrogen-bond acceptors (Lipinski definition) is 5. The average Bonchev–Trinajstić information content (AvgIpc) is 2.51. The van der Waals surface area contributed by atoms with E-state index in [9.17, 15) is 9.59 Å². The molecule has 0 spiro atoms. The lowest BCUT2D eigenvalue weighted by molar-refractivity contribution is 0.00689. The molecule has 0 saturated heterocycles. The van der Waals surface area contributed by atoms with Gasteiger partial charge in [-0.25, -0.2) is 9.78 Å². The van der Waals surface area contributed by atoms with Gasteiger partial charge in [0.25, 0.3) is 5.91 Å². The first kappa shape index (κ1) is 19.9. The van der Waals surface area contributed by atoms with Gasteiger partial charge in [0.1, 0.15) is 11.3 Å². The van der Waals surface area contributed by atoms with Gasteiger partial charge in [-0.1, -0.05) is 13.8 Å². The zero-order valence-corrected chi connectivity index (χ0v) is 15.5. The Labute approximate surface area is 144 Å². The summed E-state index contributed by atoms with van der Waals surface area (Å²) < 4.78 is 10.5. The summed E-state index contributed by atoms with van der Waals surface area (Å²) in [6.07, 6.45) is 1.71. The van der Waals surface area contributed by atoms with Crippen LogP contribution in [0, 0.1) is 0 Å². The Morgan fingerprint density at radius 2 is 1.71 bits per heavy atom. The minimum absolute atomic E-state index is 0.192. The van der Waals surface area contributed by atoms with E-state index >= 15 is 0 Å². The van der Waals surface area contributed by atoms with E-state index in [-0.39, 0.29) is 23.0 Å². The number of aromatic nitrogens is 1. The van der Waals surface area contributed by atoms with Crippen molar-refractivity contribution in [3.8, 4) is 5.88 Å². The largest absolute Gasteiger partial charge is 0.481 e. The Morgan fingerprint density at radius 3 is 2.17 bits per heavy atom. The normalized spacial score (nSPS) is 11.1. The minimum Gasteiger partial charge on any atom is -0.481 e. The molecule has 0 fully saturated rings. The Morgan fingerprint density at radius 1 is 1.12 bits per heavy atom. The van der Waals surface area contributed by atoms with Crippen LogP contribution in [0.1, 0.15) is 68.3 Å². The van der Waals surface area contributed by atoms with E-state index in [4.69, 9.17) is 9.47 Å². The molecule has 0 aliphatic carbocycles. The van der Waals surface area contributed by atoms with Gasteiger partial charge < -0.3 is 14.4 Å². The summed E-state index contributed by atoms with van der Waals surface area (Å²) in [7, 11) is 1.45. The van der Waals surface area contributed by atoms with E-state index in [1.807, 2.05) is 13.8 Å². The van der Waals surface area contributed by atoms with Crippen molar-refractivity contribution >= 4 is 11.9 Å². The van der Waals surface area contributed by atoms with Crippen LogP contribution < -0.4 is 4.74 Å². The summed E-state index contributed by atoms with van der Waals surface area (Å²) in [5.41, 5.74) is -0.168. The van der Waals surface area contributed by atoms with Crippen LogP contribution in [0.2, 0.25) is 0 Å². The number of carbonyl (C=O) groups excluding carboxylic acids is 2. The average molecular weight is 336 g/mol. The second kappa shape index (κ2) is 8.66. The number of rotatable bonds is 7. The molecule has 0 bridgehead atoms. The molecule has 0 aromatic carbocycles. The van der Waals surface area contributed by atoms with Gasteiger partial charge in [0.2, 0.25) is 5.88 Å². The summed E-state index contributed by atoms with van der Waals surface area (Å²) >= 11 is 0. The summed E-state index contributed by atoms with van der Waals surface area (Å²) in [6.45, 7) is 10.7. The van der Waals surface area contributed by atoms with Gasteiger partial charge in [0.15, 0.2) is 0 Å². The van der Waals surface area contributed by atoms with Crippen molar-refractivity contribution in [1.82, 2.24) is 9.88 Å². The molecule has 1 rings (SSSR count). The molecular formula is C18H28N2O4. The molecule has 0 saturated carbocycles. The predicted octanol–water partition coefficient (Wildman–Crippen LogP) is 3.31. The Balaban J connectivity index is 3.17. The van der Waals surface area contributed by atoms with Crippen LogP contribution in [-0.2, 0) is 4.74 Å². The molecule has 6 heteroatoms. The van der Waals surface area contributed by atoms with E-state index in [0.29, 0.717) is 13.1 Å². The molecule has 6 nitrogen and oxygen atoms in total. The van der Waals surface area contributed by atoms with Crippen LogP contribution in [-0.4, -0.2) is 47.6 Å². The Hall–Kier alpha value is -2.11. The van der Waals surface area contributed by atoms with E-state index in [1.165, 1.54) is 19.2 Å². The van der Waals surface area contributed by atoms with Gasteiger partial charge in [-0.3, -0.25) is 4.79 Å². The number of nitrogens with zero attached hydrogens (tertiary/aromatic N) is 2. The van der Waals surface area contributed by atoms with Crippen LogP contribution in [0.4, 0.5) is 0 Å². The molecule has 0 radical (unpaired) electrons. The fourth-order valence-corrected chi connectivity index (χ4v) is 2.19. The first-order valence-electron chi connectivity index (χ1n) is 8.30. The molecule has 0 aliphatic rings. The van der Waals surface area contributed by atoms with Crippen molar-refractivity contribution < 1.29 is 19.1 Å². The Bertz CT molecular complexity index is 573. The number of ether oxygens (including phenoxy) is 2. The lowest BCUT2D eigenvalue weighted by atomic mass is 10.1. The van der Waals surface area contributed by atoms with Crippen LogP contribution in [0.25, 0.3) is 0 Å². The summed E-state index contributed by atoms with van der Waals surface area (Å²) in [5, 5.41) is 0. The highest BCUT2D eigenvalue weighted by Crippen LogP contribution is 2.18. The maximum Gasteiger partial charge on any atom is 0.338 e. The van der Waals surface area contributed by atoms with Crippen molar-refractivity contribution in [2.24, 2.45) is 0 Å². The third-order valence-electron chi connectivity index (χ3n) is 3.14. The molecule has 0 unspecified atom stereocenters. The van der Waals surface area contributed by atoms with Gasteiger partial charge in [-0.15, -0.1) is 0 Å². The fraction of sp³-hybridized carbons (Fsp3) is 0.611. The lowest BCUT2D eigenvalue weighted by Crippen LogP contribution is -2.33. The highest BCUT2D eigenvalue weighted by Gasteiger charge is 2.22. The van der Waals surface area contributed by atoms with Crippen LogP contribution in [0.5, 0.6) is 5.88 Å². The summed E-state index contributed by atoms with van der Waals surface area (Å²) in [6, 6.07) is 2.95. The van der Waals surface area contributed by atoms with Crippen molar-refractivity contribution in [3.05, 3.63) is 23.4 Å². The van der Waals surface area contributed by atoms with Crippen LogP contribution in [0.15, 0.2) is 12.1 Å². The molecule has 1 amide bonds. The first-order chi connectivity index (χ1) is 11.2. The molecule has 24 heavy (non-hydrogen) atoms. The SMILES string of the molecule is CCCN(CCC)C(=O)c1cc(C(=O)OC(C)(C)C)cc(OC)n1. The zero-order chi connectivity index (χ0) is 18.3. The van der Waals surface area contributed by atoms with E-state index in [2.05, 4.69) is 4.98 Å². The van der Waals surface area contributed by atoms with Gasteiger partial charge in [0, 0.05) is 19.2 Å². The van der Waals surface area contributed by atoms with Crippen molar-refractivity contribution in [1.29, 1.82) is 0 Å². The van der Waals surface area contributed by atoms with Gasteiger partial charge in [-0.05, 0) is 39.7 Å². The highest BCUT2D eigenvalue weighted by molar-refractivity contribution is 5.97. The third kappa shape index (κ3) is 5.83. The van der Waals surface area contributed by atoms with E-state index in [1.54, 1.807) is 25.7 Å². The van der Waals surface area contributed by atoms with Gasteiger partial charge in [0.05, 0.1) is 12.7 Å². The molecule has 1 aromatic rings. The monoisotopic (exact) mass is 336 g/mol. The number of pyridine rings is 1. The summed E-state index contributed by atoms with van der Waals surface area (Å²) in [4.78, 5) is 30.9. The van der Waals surface area contributed by atoms with Crippen molar-refractivity contribution in [2.45, 2.75) is 53.1 Å². The van der Waals surface area contributed by atoms with Crippen molar-refractivity contribution in [3.63, 3.8) is 0 Å². The molecule has 1 heterocycles. The lowest BCUT2D eigenvalue weighted by Gasteiger charge is -2.22. The first-order valence-corrected chi connectivity index (χ1v) is 8.30. The summed E-state index contributed by atoms with van der Waals surface area (Å²) in [5.74, 6) is -0.494.